The first kappa shape index (κ1) is 31.1. The zero-order chi connectivity index (χ0) is 32.9. The lowest BCUT2D eigenvalue weighted by atomic mass is 10.0. The molecule has 0 spiro atoms. The first-order valence-electron chi connectivity index (χ1n) is 15.3. The molecule has 0 saturated carbocycles. The zero-order valence-corrected chi connectivity index (χ0v) is 25.4. The summed E-state index contributed by atoms with van der Waals surface area (Å²) in [6.45, 7) is -0.421. The number of H-pyrrole nitrogens is 3. The molecule has 3 aromatic carbocycles. The maximum Gasteiger partial charge on any atom is 0.326 e. The minimum Gasteiger partial charge on any atom is -0.480 e. The van der Waals surface area contributed by atoms with Crippen LogP contribution >= 0.6 is 0 Å². The molecule has 0 fully saturated rings. The van der Waals surface area contributed by atoms with Crippen molar-refractivity contribution in [2.45, 2.75) is 37.4 Å². The van der Waals surface area contributed by atoms with Crippen LogP contribution in [0.3, 0.4) is 0 Å². The van der Waals surface area contributed by atoms with Crippen molar-refractivity contribution < 1.29 is 24.3 Å². The molecule has 240 valence electrons. The van der Waals surface area contributed by atoms with E-state index in [1.54, 1.807) is 18.6 Å². The van der Waals surface area contributed by atoms with E-state index in [0.717, 1.165) is 49.4 Å². The second kappa shape index (κ2) is 13.6. The van der Waals surface area contributed by atoms with E-state index in [1.807, 2.05) is 72.8 Å². The number of carbonyl (C=O) groups is 4. The van der Waals surface area contributed by atoms with E-state index in [9.17, 15) is 24.3 Å². The molecule has 3 aromatic heterocycles. The number of aromatic amines is 3. The summed E-state index contributed by atoms with van der Waals surface area (Å²) in [5, 5.41) is 20.6. The van der Waals surface area contributed by atoms with E-state index in [4.69, 9.17) is 5.73 Å². The van der Waals surface area contributed by atoms with Gasteiger partial charge in [-0.1, -0.05) is 54.6 Å². The van der Waals surface area contributed by atoms with Crippen molar-refractivity contribution in [1.82, 2.24) is 30.9 Å². The van der Waals surface area contributed by atoms with Crippen LogP contribution in [0.1, 0.15) is 16.7 Å². The Kier molecular flexibility index (Phi) is 9.02. The maximum atomic E-state index is 13.7. The molecule has 0 aliphatic rings. The fraction of sp³-hybridized carbons (Fsp3) is 0.200. The smallest absolute Gasteiger partial charge is 0.326 e. The van der Waals surface area contributed by atoms with Crippen molar-refractivity contribution in [2.75, 3.05) is 6.54 Å². The first-order chi connectivity index (χ1) is 22.8. The summed E-state index contributed by atoms with van der Waals surface area (Å²) in [5.41, 5.74) is 11.2. The van der Waals surface area contributed by atoms with E-state index >= 15 is 0 Å². The fourth-order valence-corrected chi connectivity index (χ4v) is 5.90. The molecule has 6 rings (SSSR count). The van der Waals surface area contributed by atoms with Gasteiger partial charge < -0.3 is 41.7 Å². The van der Waals surface area contributed by atoms with Gasteiger partial charge in [-0.3, -0.25) is 14.4 Å². The molecule has 0 aliphatic heterocycles. The second-order valence-electron chi connectivity index (χ2n) is 11.5. The minimum atomic E-state index is -1.26. The van der Waals surface area contributed by atoms with Crippen LogP contribution < -0.4 is 21.7 Å². The summed E-state index contributed by atoms with van der Waals surface area (Å²) in [4.78, 5) is 61.3. The molecular weight excluding hydrogens is 598 g/mol. The van der Waals surface area contributed by atoms with E-state index in [1.165, 1.54) is 0 Å². The number of aromatic nitrogens is 3. The van der Waals surface area contributed by atoms with Gasteiger partial charge in [-0.25, -0.2) is 4.79 Å². The predicted octanol–water partition coefficient (Wildman–Crippen LogP) is 2.66. The summed E-state index contributed by atoms with van der Waals surface area (Å²) in [7, 11) is 0. The van der Waals surface area contributed by atoms with E-state index in [0.29, 0.717) is 0 Å². The number of amides is 3. The minimum absolute atomic E-state index is 0.0310. The lowest BCUT2D eigenvalue weighted by Gasteiger charge is -2.22. The van der Waals surface area contributed by atoms with Gasteiger partial charge in [0.1, 0.15) is 12.1 Å². The van der Waals surface area contributed by atoms with E-state index in [2.05, 4.69) is 30.9 Å². The van der Waals surface area contributed by atoms with Crippen LogP contribution in [0.15, 0.2) is 91.4 Å². The summed E-state index contributed by atoms with van der Waals surface area (Å²) in [6, 6.07) is 19.4. The van der Waals surface area contributed by atoms with E-state index < -0.39 is 48.4 Å². The third-order valence-electron chi connectivity index (χ3n) is 8.34. The Morgan fingerprint density at radius 2 is 1.06 bits per heavy atom. The monoisotopic (exact) mass is 633 g/mol. The van der Waals surface area contributed by atoms with Crippen LogP contribution in [0.25, 0.3) is 32.7 Å². The van der Waals surface area contributed by atoms with Crippen LogP contribution in [0.2, 0.25) is 0 Å². The molecule has 3 amide bonds. The second-order valence-corrected chi connectivity index (χ2v) is 11.5. The normalized spacial score (nSPS) is 13.3. The lowest BCUT2D eigenvalue weighted by Crippen LogP contribution is -2.55. The zero-order valence-electron chi connectivity index (χ0n) is 25.4. The number of hydrogen-bond acceptors (Lipinski definition) is 5. The Morgan fingerprint density at radius 3 is 1.55 bits per heavy atom. The van der Waals surface area contributed by atoms with Crippen molar-refractivity contribution >= 4 is 56.4 Å². The van der Waals surface area contributed by atoms with Gasteiger partial charge in [0.2, 0.25) is 17.7 Å². The molecule has 6 aromatic rings. The Labute approximate surface area is 269 Å². The number of carboxylic acids is 1. The molecule has 12 heteroatoms. The third kappa shape index (κ3) is 7.02. The van der Waals surface area contributed by atoms with Crippen molar-refractivity contribution in [1.29, 1.82) is 0 Å². The largest absolute Gasteiger partial charge is 0.480 e. The molecule has 0 bridgehead atoms. The molecule has 0 aliphatic carbocycles. The molecule has 3 heterocycles. The van der Waals surface area contributed by atoms with Crippen molar-refractivity contribution in [2.24, 2.45) is 5.73 Å². The maximum absolute atomic E-state index is 13.7. The highest BCUT2D eigenvalue weighted by Crippen LogP contribution is 2.22. The van der Waals surface area contributed by atoms with Crippen LogP contribution in [0.5, 0.6) is 0 Å². The highest BCUT2D eigenvalue weighted by molar-refractivity contribution is 5.94. The van der Waals surface area contributed by atoms with Crippen LogP contribution in [0, 0.1) is 0 Å². The molecular formula is C35H35N7O5. The third-order valence-corrected chi connectivity index (χ3v) is 8.34. The Morgan fingerprint density at radius 1 is 0.617 bits per heavy atom. The topological polar surface area (TPSA) is 198 Å². The molecule has 3 unspecified atom stereocenters. The van der Waals surface area contributed by atoms with Crippen molar-refractivity contribution in [3.05, 3.63) is 108 Å². The summed E-state index contributed by atoms with van der Waals surface area (Å²) < 4.78 is 0. The lowest BCUT2D eigenvalue weighted by molar-refractivity contribution is -0.142. The SMILES string of the molecule is NC(Cc1c[nH]c2ccccc12)C(=O)NCC(=O)NC(Cc1c[nH]c2ccccc12)C(=O)NC(Cc1c[nH]c2ccccc12)C(=O)O. The van der Waals surface area contributed by atoms with Gasteiger partial charge in [0, 0.05) is 64.1 Å². The summed E-state index contributed by atoms with van der Waals surface area (Å²) in [6.07, 6.45) is 5.66. The number of benzene rings is 3. The molecule has 12 nitrogen and oxygen atoms in total. The summed E-state index contributed by atoms with van der Waals surface area (Å²) in [5.74, 6) is -3.02. The molecule has 0 saturated heterocycles. The number of carboxylic acid groups (broad SMARTS) is 1. The number of fused-ring (bicyclic) bond motifs is 3. The first-order valence-corrected chi connectivity index (χ1v) is 15.3. The highest BCUT2D eigenvalue weighted by Gasteiger charge is 2.29. The Bertz CT molecular complexity index is 2080. The molecule has 47 heavy (non-hydrogen) atoms. The molecule has 0 radical (unpaired) electrons. The number of rotatable bonds is 13. The van der Waals surface area contributed by atoms with Gasteiger partial charge in [0.05, 0.1) is 12.6 Å². The number of nitrogens with one attached hydrogen (secondary N) is 6. The van der Waals surface area contributed by atoms with Gasteiger partial charge in [-0.05, 0) is 41.3 Å². The Balaban J connectivity index is 1.13. The highest BCUT2D eigenvalue weighted by atomic mass is 16.4. The fourth-order valence-electron chi connectivity index (χ4n) is 5.90. The average Bonchev–Trinajstić information content (AvgIpc) is 3.80. The number of nitrogens with two attached hydrogens (primary N) is 1. The molecule has 9 N–H and O–H groups in total. The van der Waals surface area contributed by atoms with Crippen molar-refractivity contribution in [3.63, 3.8) is 0 Å². The van der Waals surface area contributed by atoms with Gasteiger partial charge in [0.15, 0.2) is 0 Å². The predicted molar refractivity (Wildman–Crippen MR) is 178 cm³/mol. The average molecular weight is 634 g/mol. The van der Waals surface area contributed by atoms with Gasteiger partial charge >= 0.3 is 5.97 Å². The van der Waals surface area contributed by atoms with Gasteiger partial charge in [-0.15, -0.1) is 0 Å². The van der Waals surface area contributed by atoms with Crippen LogP contribution in [-0.4, -0.2) is 68.4 Å². The summed E-state index contributed by atoms with van der Waals surface area (Å²) >= 11 is 0. The van der Waals surface area contributed by atoms with Crippen molar-refractivity contribution in [3.8, 4) is 0 Å². The quantitative estimate of drug-likeness (QED) is 0.0962. The number of hydrogen-bond donors (Lipinski definition) is 8. The van der Waals surface area contributed by atoms with E-state index in [-0.39, 0.29) is 19.3 Å². The molecule has 3 atom stereocenters. The van der Waals surface area contributed by atoms with Crippen LogP contribution in [-0.2, 0) is 38.4 Å². The number of para-hydroxylation sites is 3. The number of aliphatic carboxylic acids is 1. The number of carbonyl (C=O) groups excluding carboxylic acids is 3. The van der Waals surface area contributed by atoms with Gasteiger partial charge in [0.25, 0.3) is 0 Å². The van der Waals surface area contributed by atoms with Crippen LogP contribution in [0.4, 0.5) is 0 Å². The Hall–Kier alpha value is -5.88. The standard InChI is InChI=1S/C35H35N7O5/c36-26(13-20-16-37-27-10-4-1-7-23(20)27)33(44)40-19-32(43)41-30(14-21-17-38-28-11-5-2-8-24(21)28)34(45)42-31(35(46)47)15-22-18-39-29-12-6-3-9-25(22)29/h1-12,16-18,26,30-31,37-39H,13-15,19,36H2,(H,40,44)(H,41,43)(H,42,45)(H,46,47). The van der Waals surface area contributed by atoms with Gasteiger partial charge in [-0.2, -0.15) is 0 Å².